The Morgan fingerprint density at radius 2 is 1.93 bits per heavy atom. The molecule has 150 valence electrons. The molecule has 29 heavy (non-hydrogen) atoms. The number of para-hydroxylation sites is 1. The lowest BCUT2D eigenvalue weighted by atomic mass is 10.1. The molecule has 0 bridgehead atoms. The fraction of sp³-hybridized carbons (Fsp3) is 0.261. The maximum atomic E-state index is 12.9. The summed E-state index contributed by atoms with van der Waals surface area (Å²) < 4.78 is 7.43. The number of nitrogens with zero attached hydrogens (tertiary/aromatic N) is 3. The fourth-order valence-electron chi connectivity index (χ4n) is 3.05. The van der Waals surface area contributed by atoms with Crippen molar-refractivity contribution in [1.29, 1.82) is 0 Å². The summed E-state index contributed by atoms with van der Waals surface area (Å²) in [7, 11) is 1.63. The lowest BCUT2D eigenvalue weighted by Gasteiger charge is -2.13. The first-order valence-corrected chi connectivity index (χ1v) is 10.4. The minimum Gasteiger partial charge on any atom is -0.496 e. The summed E-state index contributed by atoms with van der Waals surface area (Å²) in [6.45, 7) is 8.38. The van der Waals surface area contributed by atoms with E-state index in [4.69, 9.17) is 4.74 Å². The van der Waals surface area contributed by atoms with E-state index in [1.807, 2.05) is 60.0 Å². The maximum Gasteiger partial charge on any atom is 0.192 e. The van der Waals surface area contributed by atoms with E-state index in [1.54, 1.807) is 13.2 Å². The van der Waals surface area contributed by atoms with Gasteiger partial charge < -0.3 is 4.74 Å². The molecular weight excluding hydrogens is 382 g/mol. The fourth-order valence-corrected chi connectivity index (χ4v) is 3.98. The van der Waals surface area contributed by atoms with Crippen molar-refractivity contribution in [2.75, 3.05) is 7.11 Å². The minimum absolute atomic E-state index is 0.0737. The van der Waals surface area contributed by atoms with Crippen LogP contribution in [0.5, 0.6) is 5.75 Å². The van der Waals surface area contributed by atoms with Crippen molar-refractivity contribution in [3.05, 3.63) is 72.3 Å². The Morgan fingerprint density at radius 3 is 2.59 bits per heavy atom. The second kappa shape index (κ2) is 9.56. The number of thioether (sulfide) groups is 1. The Bertz CT molecular complexity index is 996. The number of carbonyl (C=O) groups is 1. The monoisotopic (exact) mass is 407 g/mol. The van der Waals surface area contributed by atoms with Crippen LogP contribution in [0.2, 0.25) is 0 Å². The van der Waals surface area contributed by atoms with Crippen LogP contribution in [-0.2, 0) is 13.0 Å². The van der Waals surface area contributed by atoms with E-state index in [0.29, 0.717) is 23.1 Å². The number of benzene rings is 2. The number of aryl methyl sites for hydroxylation is 1. The summed E-state index contributed by atoms with van der Waals surface area (Å²) in [5.41, 5.74) is 2.78. The van der Waals surface area contributed by atoms with Crippen molar-refractivity contribution in [1.82, 2.24) is 14.8 Å². The van der Waals surface area contributed by atoms with Crippen molar-refractivity contribution < 1.29 is 9.53 Å². The summed E-state index contributed by atoms with van der Waals surface area (Å²) in [5, 5.41) is 9.11. The van der Waals surface area contributed by atoms with E-state index in [1.165, 1.54) is 17.3 Å². The molecule has 0 radical (unpaired) electrons. The average molecular weight is 408 g/mol. The Morgan fingerprint density at radius 1 is 1.21 bits per heavy atom. The molecule has 2 aromatic carbocycles. The largest absolute Gasteiger partial charge is 0.496 e. The van der Waals surface area contributed by atoms with E-state index < -0.39 is 0 Å². The summed E-state index contributed by atoms with van der Waals surface area (Å²) in [6.07, 6.45) is 2.75. The number of allylic oxidation sites excluding steroid dienone is 1. The Hall–Kier alpha value is -2.86. The highest BCUT2D eigenvalue weighted by Gasteiger charge is 2.22. The Kier molecular flexibility index (Phi) is 6.88. The van der Waals surface area contributed by atoms with Crippen molar-refractivity contribution in [3.63, 3.8) is 0 Å². The third-order valence-electron chi connectivity index (χ3n) is 4.67. The first-order chi connectivity index (χ1) is 14.1. The zero-order valence-electron chi connectivity index (χ0n) is 17.0. The van der Waals surface area contributed by atoms with Crippen LogP contribution in [0, 0.1) is 0 Å². The number of hydrogen-bond acceptors (Lipinski definition) is 5. The topological polar surface area (TPSA) is 57.0 Å². The van der Waals surface area contributed by atoms with Crippen molar-refractivity contribution in [3.8, 4) is 17.1 Å². The zero-order valence-corrected chi connectivity index (χ0v) is 17.8. The predicted molar refractivity (Wildman–Crippen MR) is 118 cm³/mol. The van der Waals surface area contributed by atoms with Gasteiger partial charge in [-0.25, -0.2) is 0 Å². The van der Waals surface area contributed by atoms with Gasteiger partial charge in [-0.15, -0.1) is 16.8 Å². The van der Waals surface area contributed by atoms with Gasteiger partial charge >= 0.3 is 0 Å². The molecule has 0 spiro atoms. The molecule has 1 heterocycles. The van der Waals surface area contributed by atoms with Crippen LogP contribution in [-0.4, -0.2) is 32.9 Å². The van der Waals surface area contributed by atoms with E-state index in [0.717, 1.165) is 17.7 Å². The molecule has 0 amide bonds. The zero-order chi connectivity index (χ0) is 20.8. The van der Waals surface area contributed by atoms with Gasteiger partial charge in [0.05, 0.1) is 17.9 Å². The molecule has 0 aliphatic carbocycles. The molecule has 6 heteroatoms. The van der Waals surface area contributed by atoms with Gasteiger partial charge in [0.1, 0.15) is 5.75 Å². The number of Topliss-reactive ketones (excluding diaryl/α,β-unsaturated/α-hetero) is 1. The van der Waals surface area contributed by atoms with Gasteiger partial charge in [0.25, 0.3) is 0 Å². The van der Waals surface area contributed by atoms with Gasteiger partial charge in [-0.1, -0.05) is 61.2 Å². The molecule has 0 saturated heterocycles. The van der Waals surface area contributed by atoms with Gasteiger partial charge in [-0.2, -0.15) is 0 Å². The van der Waals surface area contributed by atoms with Crippen molar-refractivity contribution in [2.24, 2.45) is 0 Å². The summed E-state index contributed by atoms with van der Waals surface area (Å²) in [4.78, 5) is 12.9. The molecular formula is C23H25N3O2S. The summed E-state index contributed by atoms with van der Waals surface area (Å²) in [5.74, 6) is 1.49. The van der Waals surface area contributed by atoms with Crippen LogP contribution in [0.3, 0.4) is 0 Å². The molecule has 1 atom stereocenters. The van der Waals surface area contributed by atoms with Crippen LogP contribution < -0.4 is 4.74 Å². The third-order valence-corrected chi connectivity index (χ3v) is 5.75. The van der Waals surface area contributed by atoms with Gasteiger partial charge in [0.2, 0.25) is 0 Å². The number of rotatable bonds is 9. The minimum atomic E-state index is -0.291. The first kappa shape index (κ1) is 20.9. The molecule has 1 aromatic heterocycles. The van der Waals surface area contributed by atoms with Crippen molar-refractivity contribution >= 4 is 17.5 Å². The van der Waals surface area contributed by atoms with E-state index in [2.05, 4.69) is 23.7 Å². The van der Waals surface area contributed by atoms with Crippen molar-refractivity contribution in [2.45, 2.75) is 37.2 Å². The van der Waals surface area contributed by atoms with Gasteiger partial charge in [0, 0.05) is 12.1 Å². The first-order valence-electron chi connectivity index (χ1n) is 9.56. The predicted octanol–water partition coefficient (Wildman–Crippen LogP) is 5.07. The van der Waals surface area contributed by atoms with E-state index in [-0.39, 0.29) is 11.0 Å². The van der Waals surface area contributed by atoms with Crippen LogP contribution in [0.25, 0.3) is 11.4 Å². The van der Waals surface area contributed by atoms with Crippen LogP contribution in [0.4, 0.5) is 0 Å². The molecule has 0 saturated carbocycles. The lowest BCUT2D eigenvalue weighted by molar-refractivity contribution is 0.0994. The number of methoxy groups -OCH3 is 1. The molecule has 0 fully saturated rings. The lowest BCUT2D eigenvalue weighted by Crippen LogP contribution is -2.15. The highest BCUT2D eigenvalue weighted by molar-refractivity contribution is 8.00. The Labute approximate surface area is 175 Å². The Balaban J connectivity index is 1.87. The SMILES string of the molecule is C=CCn1c(SC(C)C(=O)c2ccc(CC)cc2)nnc1-c1ccccc1OC. The quantitative estimate of drug-likeness (QED) is 0.282. The third kappa shape index (κ3) is 4.59. The summed E-state index contributed by atoms with van der Waals surface area (Å²) >= 11 is 1.40. The number of aromatic nitrogens is 3. The van der Waals surface area contributed by atoms with Gasteiger partial charge in [0.15, 0.2) is 16.8 Å². The van der Waals surface area contributed by atoms with E-state index >= 15 is 0 Å². The summed E-state index contributed by atoms with van der Waals surface area (Å²) in [6, 6.07) is 15.5. The highest BCUT2D eigenvalue weighted by atomic mass is 32.2. The van der Waals surface area contributed by atoms with Crippen LogP contribution in [0.15, 0.2) is 66.3 Å². The molecule has 5 nitrogen and oxygen atoms in total. The number of carbonyl (C=O) groups excluding carboxylic acids is 1. The van der Waals surface area contributed by atoms with Gasteiger partial charge in [-0.05, 0) is 31.0 Å². The second-order valence-corrected chi connectivity index (χ2v) is 7.89. The van der Waals surface area contributed by atoms with Crippen LogP contribution in [0.1, 0.15) is 29.8 Å². The highest BCUT2D eigenvalue weighted by Crippen LogP contribution is 2.32. The molecule has 1 unspecified atom stereocenters. The second-order valence-electron chi connectivity index (χ2n) is 6.58. The molecule has 3 rings (SSSR count). The normalized spacial score (nSPS) is 11.8. The molecule has 0 N–H and O–H groups in total. The maximum absolute atomic E-state index is 12.9. The molecule has 0 aliphatic heterocycles. The average Bonchev–Trinajstić information content (AvgIpc) is 3.15. The smallest absolute Gasteiger partial charge is 0.192 e. The van der Waals surface area contributed by atoms with Gasteiger partial charge in [-0.3, -0.25) is 9.36 Å². The standard InChI is InChI=1S/C23H25N3O2S/c1-5-15-26-22(19-9-7-8-10-20(19)28-4)24-25-23(26)29-16(3)21(27)18-13-11-17(6-2)12-14-18/h5,7-14,16H,1,6,15H2,2-4H3. The molecule has 0 aliphatic rings. The number of ether oxygens (including phenoxy) is 1. The number of ketones is 1. The number of hydrogen-bond donors (Lipinski definition) is 0. The van der Waals surface area contributed by atoms with Crippen LogP contribution >= 0.6 is 11.8 Å². The molecule has 3 aromatic rings. The van der Waals surface area contributed by atoms with E-state index in [9.17, 15) is 4.79 Å².